The molecule has 1 nitrogen and oxygen atoms in total. The molecule has 0 radical (unpaired) electrons. The third-order valence-electron chi connectivity index (χ3n) is 3.75. The highest BCUT2D eigenvalue weighted by Gasteiger charge is 2.19. The van der Waals surface area contributed by atoms with Crippen LogP contribution < -0.4 is 0 Å². The highest BCUT2D eigenvalue weighted by molar-refractivity contribution is 5.14. The van der Waals surface area contributed by atoms with Crippen LogP contribution in [0.5, 0.6) is 0 Å². The summed E-state index contributed by atoms with van der Waals surface area (Å²) >= 11 is 0. The summed E-state index contributed by atoms with van der Waals surface area (Å²) < 4.78 is 0. The van der Waals surface area contributed by atoms with Gasteiger partial charge in [0.1, 0.15) is 0 Å². The largest absolute Gasteiger partial charge is 0.302 e. The van der Waals surface area contributed by atoms with Crippen molar-refractivity contribution < 1.29 is 0 Å². The quantitative estimate of drug-likeness (QED) is 0.719. The second-order valence-corrected chi connectivity index (χ2v) is 5.98. The SMILES string of the molecule is CC1=CC(C)CC(CN(C)Cc2ccccc2)C1. The van der Waals surface area contributed by atoms with Crippen molar-refractivity contribution in [1.82, 2.24) is 4.90 Å². The van der Waals surface area contributed by atoms with E-state index in [1.807, 2.05) is 0 Å². The summed E-state index contributed by atoms with van der Waals surface area (Å²) in [6.07, 6.45) is 5.06. The predicted octanol–water partition coefficient (Wildman–Crippen LogP) is 4.11. The van der Waals surface area contributed by atoms with Gasteiger partial charge in [-0.25, -0.2) is 0 Å². The molecule has 1 aromatic rings. The monoisotopic (exact) mass is 243 g/mol. The maximum atomic E-state index is 2.46. The molecule has 0 aliphatic heterocycles. The molecule has 2 unspecified atom stereocenters. The van der Waals surface area contributed by atoms with E-state index < -0.39 is 0 Å². The number of nitrogens with zero attached hydrogens (tertiary/aromatic N) is 1. The van der Waals surface area contributed by atoms with E-state index in [4.69, 9.17) is 0 Å². The lowest BCUT2D eigenvalue weighted by Gasteiger charge is -2.29. The molecule has 0 N–H and O–H groups in total. The van der Waals surface area contributed by atoms with Crippen LogP contribution in [0.1, 0.15) is 32.3 Å². The Hall–Kier alpha value is -1.08. The molecule has 0 heterocycles. The molecular formula is C17H25N. The van der Waals surface area contributed by atoms with Crippen molar-refractivity contribution in [2.24, 2.45) is 11.8 Å². The Bertz CT molecular complexity index is 393. The molecule has 18 heavy (non-hydrogen) atoms. The zero-order valence-electron chi connectivity index (χ0n) is 11.9. The van der Waals surface area contributed by atoms with Crippen LogP contribution in [0, 0.1) is 11.8 Å². The molecule has 0 spiro atoms. The summed E-state index contributed by atoms with van der Waals surface area (Å²) in [5.74, 6) is 1.59. The lowest BCUT2D eigenvalue weighted by Crippen LogP contribution is -2.28. The van der Waals surface area contributed by atoms with Gasteiger partial charge in [0.2, 0.25) is 0 Å². The van der Waals surface area contributed by atoms with Gasteiger partial charge in [0.25, 0.3) is 0 Å². The van der Waals surface area contributed by atoms with Crippen LogP contribution in [0.2, 0.25) is 0 Å². The zero-order valence-corrected chi connectivity index (χ0v) is 11.9. The standard InChI is InChI=1S/C17H25N/c1-14-9-15(2)11-17(10-14)13-18(3)12-16-7-5-4-6-8-16/h4-9,14,17H,10-13H2,1-3H3. The summed E-state index contributed by atoms with van der Waals surface area (Å²) in [6.45, 7) is 6.89. The molecule has 1 aliphatic carbocycles. The molecule has 1 aromatic carbocycles. The first-order valence-electron chi connectivity index (χ1n) is 7.03. The van der Waals surface area contributed by atoms with Crippen molar-refractivity contribution in [1.29, 1.82) is 0 Å². The Balaban J connectivity index is 1.85. The van der Waals surface area contributed by atoms with Gasteiger partial charge in [-0.1, -0.05) is 48.9 Å². The van der Waals surface area contributed by atoms with E-state index in [0.29, 0.717) is 0 Å². The van der Waals surface area contributed by atoms with Crippen molar-refractivity contribution in [3.8, 4) is 0 Å². The topological polar surface area (TPSA) is 3.24 Å². The first-order chi connectivity index (χ1) is 8.63. The van der Waals surface area contributed by atoms with E-state index in [9.17, 15) is 0 Å². The second kappa shape index (κ2) is 6.19. The van der Waals surface area contributed by atoms with Crippen LogP contribution >= 0.6 is 0 Å². The molecule has 0 aromatic heterocycles. The van der Waals surface area contributed by atoms with Gasteiger partial charge in [-0.05, 0) is 44.2 Å². The van der Waals surface area contributed by atoms with Crippen molar-refractivity contribution in [3.63, 3.8) is 0 Å². The van der Waals surface area contributed by atoms with Gasteiger partial charge < -0.3 is 4.90 Å². The minimum absolute atomic E-state index is 0.758. The summed E-state index contributed by atoms with van der Waals surface area (Å²) in [6, 6.07) is 10.8. The van der Waals surface area contributed by atoms with E-state index in [1.54, 1.807) is 5.57 Å². The van der Waals surface area contributed by atoms with Crippen LogP contribution in [0.4, 0.5) is 0 Å². The first-order valence-corrected chi connectivity index (χ1v) is 7.03. The van der Waals surface area contributed by atoms with Crippen LogP contribution in [0.3, 0.4) is 0 Å². The third-order valence-corrected chi connectivity index (χ3v) is 3.75. The average molecular weight is 243 g/mol. The fourth-order valence-corrected chi connectivity index (χ4v) is 3.23. The Kier molecular flexibility index (Phi) is 4.60. The second-order valence-electron chi connectivity index (χ2n) is 5.98. The molecule has 0 saturated heterocycles. The fraction of sp³-hybridized carbons (Fsp3) is 0.529. The highest BCUT2D eigenvalue weighted by atomic mass is 15.1. The molecule has 0 bridgehead atoms. The van der Waals surface area contributed by atoms with Gasteiger partial charge in [0, 0.05) is 13.1 Å². The molecule has 98 valence electrons. The van der Waals surface area contributed by atoms with Crippen molar-refractivity contribution in [2.45, 2.75) is 33.2 Å². The van der Waals surface area contributed by atoms with Gasteiger partial charge in [0.05, 0.1) is 0 Å². The zero-order chi connectivity index (χ0) is 13.0. The lowest BCUT2D eigenvalue weighted by atomic mass is 9.83. The average Bonchev–Trinajstić information content (AvgIpc) is 2.28. The Labute approximate surface area is 112 Å². The van der Waals surface area contributed by atoms with E-state index in [2.05, 4.69) is 62.2 Å². The molecule has 0 amide bonds. The molecule has 2 rings (SSSR count). The Morgan fingerprint density at radius 2 is 1.94 bits per heavy atom. The molecule has 0 fully saturated rings. The first kappa shape index (κ1) is 13.4. The van der Waals surface area contributed by atoms with E-state index >= 15 is 0 Å². The minimum atomic E-state index is 0.758. The van der Waals surface area contributed by atoms with E-state index in [-0.39, 0.29) is 0 Å². The number of allylic oxidation sites excluding steroid dienone is 2. The highest BCUT2D eigenvalue weighted by Crippen LogP contribution is 2.28. The summed E-state index contributed by atoms with van der Waals surface area (Å²) in [4.78, 5) is 2.46. The molecule has 1 aliphatic rings. The maximum absolute atomic E-state index is 2.46. The van der Waals surface area contributed by atoms with Crippen LogP contribution in [0.15, 0.2) is 42.0 Å². The molecule has 2 atom stereocenters. The van der Waals surface area contributed by atoms with E-state index in [0.717, 1.165) is 18.4 Å². The summed E-state index contributed by atoms with van der Waals surface area (Å²) in [5.41, 5.74) is 2.99. The van der Waals surface area contributed by atoms with Crippen molar-refractivity contribution >= 4 is 0 Å². The van der Waals surface area contributed by atoms with E-state index in [1.165, 1.54) is 24.9 Å². The molecule has 1 heteroatoms. The number of hydrogen-bond donors (Lipinski definition) is 0. The van der Waals surface area contributed by atoms with Gasteiger partial charge >= 0.3 is 0 Å². The van der Waals surface area contributed by atoms with Crippen LogP contribution in [0.25, 0.3) is 0 Å². The van der Waals surface area contributed by atoms with Gasteiger partial charge in [-0.2, -0.15) is 0 Å². The van der Waals surface area contributed by atoms with Gasteiger partial charge in [-0.15, -0.1) is 0 Å². The minimum Gasteiger partial charge on any atom is -0.302 e. The molecule has 0 saturated carbocycles. The summed E-state index contributed by atoms with van der Waals surface area (Å²) in [7, 11) is 2.24. The van der Waals surface area contributed by atoms with Gasteiger partial charge in [-0.3, -0.25) is 0 Å². The number of benzene rings is 1. The maximum Gasteiger partial charge on any atom is 0.0230 e. The Morgan fingerprint density at radius 1 is 1.22 bits per heavy atom. The Morgan fingerprint density at radius 3 is 2.61 bits per heavy atom. The predicted molar refractivity (Wildman–Crippen MR) is 78.4 cm³/mol. The third kappa shape index (κ3) is 3.99. The lowest BCUT2D eigenvalue weighted by molar-refractivity contribution is 0.242. The molecular weight excluding hydrogens is 218 g/mol. The smallest absolute Gasteiger partial charge is 0.0230 e. The summed E-state index contributed by atoms with van der Waals surface area (Å²) in [5, 5.41) is 0. The van der Waals surface area contributed by atoms with Gasteiger partial charge in [0.15, 0.2) is 0 Å². The van der Waals surface area contributed by atoms with Crippen LogP contribution in [-0.2, 0) is 6.54 Å². The fourth-order valence-electron chi connectivity index (χ4n) is 3.23. The van der Waals surface area contributed by atoms with Crippen molar-refractivity contribution in [3.05, 3.63) is 47.5 Å². The number of hydrogen-bond acceptors (Lipinski definition) is 1. The van der Waals surface area contributed by atoms with Crippen molar-refractivity contribution in [2.75, 3.05) is 13.6 Å². The number of rotatable bonds is 4. The van der Waals surface area contributed by atoms with Crippen LogP contribution in [-0.4, -0.2) is 18.5 Å². The normalized spacial score (nSPS) is 24.1.